The highest BCUT2D eigenvalue weighted by Gasteiger charge is 2.21. The Hall–Kier alpha value is -2.69. The first-order valence-corrected chi connectivity index (χ1v) is 10.8. The summed E-state index contributed by atoms with van der Waals surface area (Å²) in [6, 6.07) is 12.6. The van der Waals surface area contributed by atoms with E-state index in [9.17, 15) is 9.18 Å². The molecule has 4 nitrogen and oxygen atoms in total. The number of benzene rings is 2. The summed E-state index contributed by atoms with van der Waals surface area (Å²) in [6.07, 6.45) is 0.907. The molecule has 3 aromatic rings. The smallest absolute Gasteiger partial charge is 0.254 e. The number of amides is 1. The van der Waals surface area contributed by atoms with Crippen molar-refractivity contribution in [3.63, 3.8) is 0 Å². The van der Waals surface area contributed by atoms with Gasteiger partial charge in [0.2, 0.25) is 0 Å². The standard InChI is InChI=1S/C25H32FN3O/c1-6-13-29-23-14-21(26)11-12-22(23)27-24(29)16-28(15-17(2)3)25(30)20-9-7-19(8-10-20)18(4)5/h7-12,14,17-18H,6,13,15-16H2,1-5H3. The van der Waals surface area contributed by atoms with Crippen molar-refractivity contribution in [2.45, 2.75) is 60.0 Å². The number of fused-ring (bicyclic) bond motifs is 1. The molecule has 0 aliphatic rings. The van der Waals surface area contributed by atoms with E-state index in [4.69, 9.17) is 4.98 Å². The Bertz CT molecular complexity index is 1010. The fraction of sp³-hybridized carbons (Fsp3) is 0.440. The van der Waals surface area contributed by atoms with Gasteiger partial charge in [-0.05, 0) is 54.2 Å². The lowest BCUT2D eigenvalue weighted by molar-refractivity contribution is 0.0716. The van der Waals surface area contributed by atoms with Crippen LogP contribution in [-0.4, -0.2) is 26.9 Å². The second-order valence-electron chi connectivity index (χ2n) is 8.67. The van der Waals surface area contributed by atoms with E-state index in [2.05, 4.69) is 34.6 Å². The van der Waals surface area contributed by atoms with Crippen molar-refractivity contribution in [2.24, 2.45) is 5.92 Å². The van der Waals surface area contributed by atoms with Crippen LogP contribution in [-0.2, 0) is 13.1 Å². The molecule has 2 aromatic carbocycles. The maximum atomic E-state index is 13.8. The Kier molecular flexibility index (Phi) is 6.91. The highest BCUT2D eigenvalue weighted by molar-refractivity contribution is 5.94. The first-order valence-electron chi connectivity index (χ1n) is 10.8. The number of aromatic nitrogens is 2. The molecule has 0 N–H and O–H groups in total. The minimum Gasteiger partial charge on any atom is -0.331 e. The minimum atomic E-state index is -0.272. The van der Waals surface area contributed by atoms with Gasteiger partial charge < -0.3 is 9.47 Å². The molecule has 0 spiro atoms. The van der Waals surface area contributed by atoms with E-state index in [0.29, 0.717) is 30.5 Å². The lowest BCUT2D eigenvalue weighted by Crippen LogP contribution is -2.34. The van der Waals surface area contributed by atoms with E-state index in [0.717, 1.165) is 29.8 Å². The summed E-state index contributed by atoms with van der Waals surface area (Å²) in [5.74, 6) is 1.28. The van der Waals surface area contributed by atoms with Gasteiger partial charge in [0.15, 0.2) is 0 Å². The fourth-order valence-corrected chi connectivity index (χ4v) is 3.76. The zero-order chi connectivity index (χ0) is 21.8. The Balaban J connectivity index is 1.94. The van der Waals surface area contributed by atoms with E-state index >= 15 is 0 Å². The Labute approximate surface area is 178 Å². The normalized spacial score (nSPS) is 11.6. The van der Waals surface area contributed by atoms with Gasteiger partial charge in [0.1, 0.15) is 11.6 Å². The van der Waals surface area contributed by atoms with Crippen LogP contribution in [0.3, 0.4) is 0 Å². The third kappa shape index (κ3) is 4.89. The van der Waals surface area contributed by atoms with Crippen LogP contribution in [0.25, 0.3) is 11.0 Å². The van der Waals surface area contributed by atoms with Crippen molar-refractivity contribution >= 4 is 16.9 Å². The predicted molar refractivity (Wildman–Crippen MR) is 120 cm³/mol. The Morgan fingerprint density at radius 2 is 1.80 bits per heavy atom. The van der Waals surface area contributed by atoms with Gasteiger partial charge in [0.05, 0.1) is 17.6 Å². The van der Waals surface area contributed by atoms with Gasteiger partial charge in [-0.3, -0.25) is 4.79 Å². The lowest BCUT2D eigenvalue weighted by Gasteiger charge is -2.25. The van der Waals surface area contributed by atoms with Gasteiger partial charge in [-0.2, -0.15) is 0 Å². The number of halogens is 1. The van der Waals surface area contributed by atoms with Crippen molar-refractivity contribution < 1.29 is 9.18 Å². The van der Waals surface area contributed by atoms with Crippen LogP contribution in [0.1, 0.15) is 68.7 Å². The summed E-state index contributed by atoms with van der Waals surface area (Å²) < 4.78 is 15.9. The monoisotopic (exact) mass is 409 g/mol. The number of nitrogens with zero attached hydrogens (tertiary/aromatic N) is 3. The van der Waals surface area contributed by atoms with E-state index in [1.807, 2.05) is 33.7 Å². The van der Waals surface area contributed by atoms with Gasteiger partial charge in [-0.25, -0.2) is 9.37 Å². The molecule has 0 aliphatic carbocycles. The van der Waals surface area contributed by atoms with E-state index < -0.39 is 0 Å². The molecule has 0 aliphatic heterocycles. The average Bonchev–Trinajstić information content (AvgIpc) is 3.03. The summed E-state index contributed by atoms with van der Waals surface area (Å²) >= 11 is 0. The van der Waals surface area contributed by atoms with Crippen molar-refractivity contribution in [3.8, 4) is 0 Å². The lowest BCUT2D eigenvalue weighted by atomic mass is 10.0. The molecule has 0 bridgehead atoms. The molecule has 0 fully saturated rings. The summed E-state index contributed by atoms with van der Waals surface area (Å²) in [5, 5.41) is 0. The number of carbonyl (C=O) groups is 1. The maximum absolute atomic E-state index is 13.8. The highest BCUT2D eigenvalue weighted by atomic mass is 19.1. The number of hydrogen-bond donors (Lipinski definition) is 0. The number of rotatable bonds is 8. The third-order valence-electron chi connectivity index (χ3n) is 5.27. The fourth-order valence-electron chi connectivity index (χ4n) is 3.76. The second kappa shape index (κ2) is 9.41. The average molecular weight is 410 g/mol. The summed E-state index contributed by atoms with van der Waals surface area (Å²) in [6.45, 7) is 12.4. The SMILES string of the molecule is CCCn1c(CN(CC(C)C)C(=O)c2ccc(C(C)C)cc2)nc2ccc(F)cc21. The van der Waals surface area contributed by atoms with E-state index in [1.165, 1.54) is 17.7 Å². The van der Waals surface area contributed by atoms with Crippen LogP contribution in [0.5, 0.6) is 0 Å². The second-order valence-corrected chi connectivity index (χ2v) is 8.67. The number of imidazole rings is 1. The molecule has 0 radical (unpaired) electrons. The molecule has 160 valence electrons. The molecule has 1 heterocycles. The van der Waals surface area contributed by atoms with E-state index in [1.54, 1.807) is 6.07 Å². The Morgan fingerprint density at radius 1 is 1.10 bits per heavy atom. The highest BCUT2D eigenvalue weighted by Crippen LogP contribution is 2.21. The van der Waals surface area contributed by atoms with Crippen molar-refractivity contribution in [1.29, 1.82) is 0 Å². The van der Waals surface area contributed by atoms with Gasteiger partial charge in [-0.1, -0.05) is 46.8 Å². The van der Waals surface area contributed by atoms with Crippen LogP contribution < -0.4 is 0 Å². The van der Waals surface area contributed by atoms with Gasteiger partial charge in [-0.15, -0.1) is 0 Å². The summed E-state index contributed by atoms with van der Waals surface area (Å²) in [4.78, 5) is 19.9. The molecule has 0 unspecified atom stereocenters. The first kappa shape index (κ1) is 22.0. The molecule has 1 amide bonds. The maximum Gasteiger partial charge on any atom is 0.254 e. The zero-order valence-electron chi connectivity index (χ0n) is 18.7. The molecule has 0 saturated carbocycles. The van der Waals surface area contributed by atoms with Crippen LogP contribution >= 0.6 is 0 Å². The largest absolute Gasteiger partial charge is 0.331 e. The van der Waals surface area contributed by atoms with Crippen molar-refractivity contribution in [3.05, 3.63) is 65.2 Å². The minimum absolute atomic E-state index is 0.000270. The van der Waals surface area contributed by atoms with Gasteiger partial charge in [0.25, 0.3) is 5.91 Å². The van der Waals surface area contributed by atoms with Crippen LogP contribution in [0, 0.1) is 11.7 Å². The topological polar surface area (TPSA) is 38.1 Å². The summed E-state index contributed by atoms with van der Waals surface area (Å²) in [5.41, 5.74) is 3.45. The Morgan fingerprint density at radius 3 is 2.40 bits per heavy atom. The molecule has 30 heavy (non-hydrogen) atoms. The number of aryl methyl sites for hydroxylation is 1. The van der Waals surface area contributed by atoms with Crippen molar-refractivity contribution in [2.75, 3.05) is 6.54 Å². The number of hydrogen-bond acceptors (Lipinski definition) is 2. The molecule has 0 saturated heterocycles. The number of carbonyl (C=O) groups excluding carboxylic acids is 1. The molecule has 1 aromatic heterocycles. The summed E-state index contributed by atoms with van der Waals surface area (Å²) in [7, 11) is 0. The van der Waals surface area contributed by atoms with E-state index in [-0.39, 0.29) is 11.7 Å². The first-order chi connectivity index (χ1) is 14.3. The quantitative estimate of drug-likeness (QED) is 0.457. The molecule has 5 heteroatoms. The third-order valence-corrected chi connectivity index (χ3v) is 5.27. The molecule has 0 atom stereocenters. The molecular formula is C25H32FN3O. The van der Waals surface area contributed by atoms with Gasteiger partial charge >= 0.3 is 0 Å². The van der Waals surface area contributed by atoms with Crippen molar-refractivity contribution in [1.82, 2.24) is 14.5 Å². The predicted octanol–water partition coefficient (Wildman–Crippen LogP) is 6.01. The van der Waals surface area contributed by atoms with Gasteiger partial charge in [0, 0.05) is 18.7 Å². The van der Waals surface area contributed by atoms with Crippen LogP contribution in [0.15, 0.2) is 42.5 Å². The van der Waals surface area contributed by atoms with Crippen LogP contribution in [0.2, 0.25) is 0 Å². The zero-order valence-corrected chi connectivity index (χ0v) is 18.7. The van der Waals surface area contributed by atoms with Crippen LogP contribution in [0.4, 0.5) is 4.39 Å². The molecular weight excluding hydrogens is 377 g/mol. The molecule has 3 rings (SSSR count).